The first kappa shape index (κ1) is 8.97. The molecule has 0 spiro atoms. The van der Waals surface area contributed by atoms with Crippen LogP contribution in [0.2, 0.25) is 0 Å². The maximum Gasteiger partial charge on any atom is 0.0931 e. The van der Waals surface area contributed by atoms with Gasteiger partial charge in [0.1, 0.15) is 0 Å². The van der Waals surface area contributed by atoms with E-state index in [-0.39, 0.29) is 6.73 Å². The second kappa shape index (κ2) is 4.70. The molecule has 1 saturated heterocycles. The lowest BCUT2D eigenvalue weighted by Gasteiger charge is -2.28. The van der Waals surface area contributed by atoms with E-state index in [9.17, 15) is 0 Å². The van der Waals surface area contributed by atoms with E-state index in [0.29, 0.717) is 0 Å². The Balaban J connectivity index is 2.07. The molecule has 66 valence electrons. The molecular formula is C8H18N2O. The predicted octanol–water partition coefficient (Wildman–Crippen LogP) is -0.132. The monoisotopic (exact) mass is 158 g/mol. The van der Waals surface area contributed by atoms with Gasteiger partial charge in [-0.25, -0.2) is 0 Å². The van der Waals surface area contributed by atoms with Crippen molar-refractivity contribution in [2.75, 3.05) is 33.4 Å². The summed E-state index contributed by atoms with van der Waals surface area (Å²) in [6.45, 7) is 3.51. The lowest BCUT2D eigenvalue weighted by molar-refractivity contribution is 0.195. The fourth-order valence-electron chi connectivity index (χ4n) is 1.53. The van der Waals surface area contributed by atoms with Crippen LogP contribution >= 0.6 is 0 Å². The van der Waals surface area contributed by atoms with Gasteiger partial charge in [-0.3, -0.25) is 5.32 Å². The zero-order valence-electron chi connectivity index (χ0n) is 7.21. The van der Waals surface area contributed by atoms with E-state index in [2.05, 4.69) is 17.3 Å². The Morgan fingerprint density at radius 1 is 1.45 bits per heavy atom. The SMILES string of the molecule is CN1CCC(CNCO)CC1. The molecule has 1 aliphatic rings. The molecular weight excluding hydrogens is 140 g/mol. The highest BCUT2D eigenvalue weighted by Crippen LogP contribution is 2.14. The molecule has 1 rings (SSSR count). The van der Waals surface area contributed by atoms with Crippen LogP contribution in [0.15, 0.2) is 0 Å². The molecule has 0 unspecified atom stereocenters. The number of aliphatic hydroxyl groups excluding tert-OH is 1. The highest BCUT2D eigenvalue weighted by molar-refractivity contribution is 4.70. The van der Waals surface area contributed by atoms with E-state index in [0.717, 1.165) is 12.5 Å². The Kier molecular flexibility index (Phi) is 3.83. The number of hydrogen-bond acceptors (Lipinski definition) is 3. The van der Waals surface area contributed by atoms with E-state index < -0.39 is 0 Å². The minimum atomic E-state index is 0.117. The number of piperidine rings is 1. The van der Waals surface area contributed by atoms with Crippen LogP contribution in [0.5, 0.6) is 0 Å². The van der Waals surface area contributed by atoms with Crippen LogP contribution < -0.4 is 5.32 Å². The second-order valence-corrected chi connectivity index (χ2v) is 3.36. The van der Waals surface area contributed by atoms with Gasteiger partial charge in [0, 0.05) is 6.54 Å². The van der Waals surface area contributed by atoms with Crippen molar-refractivity contribution < 1.29 is 5.11 Å². The van der Waals surface area contributed by atoms with Crippen molar-refractivity contribution in [3.05, 3.63) is 0 Å². The molecule has 0 aromatic heterocycles. The largest absolute Gasteiger partial charge is 0.381 e. The van der Waals surface area contributed by atoms with Crippen molar-refractivity contribution in [2.24, 2.45) is 5.92 Å². The zero-order chi connectivity index (χ0) is 8.10. The summed E-state index contributed by atoms with van der Waals surface area (Å²) in [5.74, 6) is 0.776. The van der Waals surface area contributed by atoms with Gasteiger partial charge in [-0.2, -0.15) is 0 Å². The van der Waals surface area contributed by atoms with E-state index >= 15 is 0 Å². The first-order valence-corrected chi connectivity index (χ1v) is 4.33. The molecule has 0 aromatic rings. The fraction of sp³-hybridized carbons (Fsp3) is 1.00. The highest BCUT2D eigenvalue weighted by atomic mass is 16.3. The van der Waals surface area contributed by atoms with Gasteiger partial charge in [0.25, 0.3) is 0 Å². The van der Waals surface area contributed by atoms with E-state index in [4.69, 9.17) is 5.11 Å². The molecule has 0 aromatic carbocycles. The van der Waals surface area contributed by atoms with Gasteiger partial charge in [0.05, 0.1) is 6.73 Å². The summed E-state index contributed by atoms with van der Waals surface area (Å²) in [4.78, 5) is 2.36. The fourth-order valence-corrected chi connectivity index (χ4v) is 1.53. The summed E-state index contributed by atoms with van der Waals surface area (Å²) in [7, 11) is 2.16. The third-order valence-electron chi connectivity index (χ3n) is 2.38. The normalized spacial score (nSPS) is 22.4. The van der Waals surface area contributed by atoms with Gasteiger partial charge in [-0.15, -0.1) is 0 Å². The van der Waals surface area contributed by atoms with Crippen molar-refractivity contribution in [2.45, 2.75) is 12.8 Å². The topological polar surface area (TPSA) is 35.5 Å². The molecule has 0 radical (unpaired) electrons. The Bertz CT molecular complexity index is 97.5. The number of rotatable bonds is 3. The van der Waals surface area contributed by atoms with Crippen LogP contribution in [0.25, 0.3) is 0 Å². The third kappa shape index (κ3) is 3.18. The van der Waals surface area contributed by atoms with E-state index in [1.807, 2.05) is 0 Å². The third-order valence-corrected chi connectivity index (χ3v) is 2.38. The summed E-state index contributed by atoms with van der Waals surface area (Å²) in [5.41, 5.74) is 0. The van der Waals surface area contributed by atoms with Crippen molar-refractivity contribution in [3.63, 3.8) is 0 Å². The second-order valence-electron chi connectivity index (χ2n) is 3.36. The van der Waals surface area contributed by atoms with Gasteiger partial charge in [0.2, 0.25) is 0 Å². The van der Waals surface area contributed by atoms with Crippen molar-refractivity contribution in [1.29, 1.82) is 0 Å². The number of nitrogens with zero attached hydrogens (tertiary/aromatic N) is 1. The lowest BCUT2D eigenvalue weighted by Crippen LogP contribution is -2.35. The quantitative estimate of drug-likeness (QED) is 0.562. The smallest absolute Gasteiger partial charge is 0.0931 e. The Hall–Kier alpha value is -0.120. The van der Waals surface area contributed by atoms with Crippen LogP contribution in [-0.2, 0) is 0 Å². The first-order valence-electron chi connectivity index (χ1n) is 4.33. The predicted molar refractivity (Wildman–Crippen MR) is 45.3 cm³/mol. The number of hydrogen-bond donors (Lipinski definition) is 2. The van der Waals surface area contributed by atoms with E-state index in [1.165, 1.54) is 25.9 Å². The van der Waals surface area contributed by atoms with Crippen molar-refractivity contribution in [1.82, 2.24) is 10.2 Å². The molecule has 0 saturated carbocycles. The van der Waals surface area contributed by atoms with Gasteiger partial charge in [-0.05, 0) is 38.9 Å². The maximum atomic E-state index is 8.53. The molecule has 1 heterocycles. The van der Waals surface area contributed by atoms with Crippen LogP contribution in [0.4, 0.5) is 0 Å². The van der Waals surface area contributed by atoms with Crippen LogP contribution in [-0.4, -0.2) is 43.4 Å². The Morgan fingerprint density at radius 3 is 2.64 bits per heavy atom. The van der Waals surface area contributed by atoms with Crippen LogP contribution in [0.3, 0.4) is 0 Å². The molecule has 3 heteroatoms. The minimum Gasteiger partial charge on any atom is -0.381 e. The average molecular weight is 158 g/mol. The van der Waals surface area contributed by atoms with Crippen LogP contribution in [0.1, 0.15) is 12.8 Å². The molecule has 3 nitrogen and oxygen atoms in total. The van der Waals surface area contributed by atoms with Gasteiger partial charge >= 0.3 is 0 Å². The zero-order valence-corrected chi connectivity index (χ0v) is 7.21. The average Bonchev–Trinajstić information content (AvgIpc) is 2.04. The molecule has 0 aliphatic carbocycles. The number of nitrogens with one attached hydrogen (secondary N) is 1. The van der Waals surface area contributed by atoms with E-state index in [1.54, 1.807) is 0 Å². The van der Waals surface area contributed by atoms with Crippen molar-refractivity contribution >= 4 is 0 Å². The molecule has 2 N–H and O–H groups in total. The number of aliphatic hydroxyl groups is 1. The highest BCUT2D eigenvalue weighted by Gasteiger charge is 2.15. The van der Waals surface area contributed by atoms with Crippen molar-refractivity contribution in [3.8, 4) is 0 Å². The Labute approximate surface area is 68.4 Å². The molecule has 1 aliphatic heterocycles. The van der Waals surface area contributed by atoms with Gasteiger partial charge in [-0.1, -0.05) is 0 Å². The summed E-state index contributed by atoms with van der Waals surface area (Å²) in [6, 6.07) is 0. The van der Waals surface area contributed by atoms with Crippen LogP contribution in [0, 0.1) is 5.92 Å². The summed E-state index contributed by atoms with van der Waals surface area (Å²) >= 11 is 0. The minimum absolute atomic E-state index is 0.117. The standard InChI is InChI=1S/C8H18N2O/c1-10-4-2-8(3-5-10)6-9-7-11/h8-9,11H,2-7H2,1H3. The molecule has 11 heavy (non-hydrogen) atoms. The first-order chi connectivity index (χ1) is 5.33. The summed E-state index contributed by atoms with van der Waals surface area (Å²) in [5, 5.41) is 11.5. The Morgan fingerprint density at radius 2 is 2.09 bits per heavy atom. The summed E-state index contributed by atoms with van der Waals surface area (Å²) < 4.78 is 0. The molecule has 1 fully saturated rings. The van der Waals surface area contributed by atoms with Gasteiger partial charge in [0.15, 0.2) is 0 Å². The molecule has 0 bridgehead atoms. The number of likely N-dealkylation sites (tertiary alicyclic amines) is 1. The molecule has 0 atom stereocenters. The summed E-state index contributed by atoms with van der Waals surface area (Å²) in [6.07, 6.45) is 2.53. The maximum absolute atomic E-state index is 8.53. The van der Waals surface area contributed by atoms with Gasteiger partial charge < -0.3 is 10.0 Å². The molecule has 0 amide bonds. The lowest BCUT2D eigenvalue weighted by atomic mass is 9.97.